The quantitative estimate of drug-likeness (QED) is 0.450. The van der Waals surface area contributed by atoms with E-state index in [1.54, 1.807) is 0 Å². The Bertz CT molecular complexity index is 169. The molecule has 0 radical (unpaired) electrons. The first-order chi connectivity index (χ1) is 4.04. The third kappa shape index (κ3) is 0.886. The predicted octanol–water partition coefficient (Wildman–Crippen LogP) is -0.763. The van der Waals surface area contributed by atoms with E-state index < -0.39 is 17.5 Å². The van der Waals surface area contributed by atoms with E-state index in [9.17, 15) is 4.79 Å². The van der Waals surface area contributed by atoms with Crippen molar-refractivity contribution in [3.63, 3.8) is 0 Å². The van der Waals surface area contributed by atoms with Gasteiger partial charge >= 0.3 is 0 Å². The number of carbonyl (C=O) groups is 1. The predicted molar refractivity (Wildman–Crippen MR) is 30.8 cm³/mol. The van der Waals surface area contributed by atoms with Gasteiger partial charge in [-0.15, -0.1) is 0 Å². The Balaban J connectivity index is 2.86. The fraction of sp³-hybridized carbons (Fsp3) is 0.500. The monoisotopic (exact) mass is 128 g/mol. The van der Waals surface area contributed by atoms with Crippen LogP contribution in [0.2, 0.25) is 0 Å². The topological polar surface area (TPSA) is 57.5 Å². The molecular weight excluding hydrogens is 120 g/mol. The summed E-state index contributed by atoms with van der Waals surface area (Å²) in [7, 11) is 0. The molecule has 0 fully saturated rings. The average Bonchev–Trinajstić information content (AvgIpc) is 1.97. The molecule has 0 spiro atoms. The average molecular weight is 128 g/mol. The third-order valence-electron chi connectivity index (χ3n) is 1.41. The summed E-state index contributed by atoms with van der Waals surface area (Å²) in [5.74, 6) is -0.431. The fourth-order valence-corrected chi connectivity index (χ4v) is 0.721. The molecule has 9 heavy (non-hydrogen) atoms. The lowest BCUT2D eigenvalue weighted by Crippen LogP contribution is -2.37. The molecule has 2 N–H and O–H groups in total. The minimum absolute atomic E-state index is 0.431. The minimum atomic E-state index is -1.35. The third-order valence-corrected chi connectivity index (χ3v) is 1.41. The van der Waals surface area contributed by atoms with Gasteiger partial charge in [0.25, 0.3) is 0 Å². The van der Waals surface area contributed by atoms with Gasteiger partial charge in [0.2, 0.25) is 0 Å². The number of carbonyl (C=O) groups excluding carboxylic acids is 1. The van der Waals surface area contributed by atoms with Crippen LogP contribution in [0.3, 0.4) is 0 Å². The van der Waals surface area contributed by atoms with Crippen LogP contribution in [0.25, 0.3) is 0 Å². The summed E-state index contributed by atoms with van der Waals surface area (Å²) >= 11 is 0. The van der Waals surface area contributed by atoms with E-state index in [0.29, 0.717) is 0 Å². The van der Waals surface area contributed by atoms with Crippen molar-refractivity contribution in [2.45, 2.75) is 18.6 Å². The fourth-order valence-electron chi connectivity index (χ4n) is 0.721. The normalized spacial score (nSPS) is 42.1. The maximum atomic E-state index is 10.5. The van der Waals surface area contributed by atoms with Gasteiger partial charge in [-0.2, -0.15) is 0 Å². The second kappa shape index (κ2) is 1.65. The van der Waals surface area contributed by atoms with Gasteiger partial charge in [0, 0.05) is 0 Å². The van der Waals surface area contributed by atoms with Crippen LogP contribution in [0.5, 0.6) is 0 Å². The number of hydrogen-bond acceptors (Lipinski definition) is 3. The molecule has 3 nitrogen and oxygen atoms in total. The summed E-state index contributed by atoms with van der Waals surface area (Å²) in [6.07, 6.45) is 1.21. The molecule has 0 amide bonds. The Hall–Kier alpha value is -0.670. The van der Waals surface area contributed by atoms with Crippen molar-refractivity contribution in [3.05, 3.63) is 12.2 Å². The lowest BCUT2D eigenvalue weighted by Gasteiger charge is -2.17. The van der Waals surface area contributed by atoms with Gasteiger partial charge in [0.15, 0.2) is 5.78 Å². The van der Waals surface area contributed by atoms with E-state index in [4.69, 9.17) is 10.2 Å². The second-order valence-corrected chi connectivity index (χ2v) is 2.36. The first kappa shape index (κ1) is 6.45. The molecule has 0 aromatic heterocycles. The second-order valence-electron chi connectivity index (χ2n) is 2.36. The van der Waals surface area contributed by atoms with Crippen molar-refractivity contribution in [1.82, 2.24) is 0 Å². The summed E-state index contributed by atoms with van der Waals surface area (Å²) < 4.78 is 0. The summed E-state index contributed by atoms with van der Waals surface area (Å²) in [6, 6.07) is 0. The van der Waals surface area contributed by atoms with E-state index in [0.717, 1.165) is 0 Å². The first-order valence-electron chi connectivity index (χ1n) is 2.67. The van der Waals surface area contributed by atoms with Gasteiger partial charge in [0.1, 0.15) is 11.7 Å². The SMILES string of the molecule is C[C@]1(O)C=CC(=O)[C@H]1O. The number of aliphatic hydroxyl groups excluding tert-OH is 1. The molecule has 1 aliphatic carbocycles. The van der Waals surface area contributed by atoms with Gasteiger partial charge in [-0.1, -0.05) is 0 Å². The Morgan fingerprint density at radius 1 is 1.78 bits per heavy atom. The lowest BCUT2D eigenvalue weighted by atomic mass is 10.0. The largest absolute Gasteiger partial charge is 0.383 e. The lowest BCUT2D eigenvalue weighted by molar-refractivity contribution is -0.128. The highest BCUT2D eigenvalue weighted by atomic mass is 16.3. The molecule has 0 saturated carbocycles. The van der Waals surface area contributed by atoms with Gasteiger partial charge in [-0.05, 0) is 19.1 Å². The Labute approximate surface area is 52.6 Å². The minimum Gasteiger partial charge on any atom is -0.383 e. The first-order valence-corrected chi connectivity index (χ1v) is 2.67. The maximum Gasteiger partial charge on any atom is 0.187 e. The molecule has 3 heteroatoms. The summed E-state index contributed by atoms with van der Waals surface area (Å²) in [5.41, 5.74) is -1.35. The molecule has 0 bridgehead atoms. The van der Waals surface area contributed by atoms with E-state index in [1.165, 1.54) is 19.1 Å². The number of ketones is 1. The van der Waals surface area contributed by atoms with Crippen LogP contribution < -0.4 is 0 Å². The van der Waals surface area contributed by atoms with Crippen LogP contribution >= 0.6 is 0 Å². The molecule has 1 aliphatic rings. The standard InChI is InChI=1S/C6H8O3/c1-6(9)3-2-4(7)5(6)8/h2-3,5,8-9H,1H3/t5-,6+/m1/s1. The molecular formula is C6H8O3. The maximum absolute atomic E-state index is 10.5. The smallest absolute Gasteiger partial charge is 0.187 e. The zero-order chi connectivity index (χ0) is 7.07. The molecule has 0 aliphatic heterocycles. The van der Waals surface area contributed by atoms with Crippen LogP contribution in [-0.4, -0.2) is 27.7 Å². The van der Waals surface area contributed by atoms with Crippen LogP contribution in [0.1, 0.15) is 6.92 Å². The molecule has 0 aromatic carbocycles. The zero-order valence-electron chi connectivity index (χ0n) is 5.03. The summed E-state index contributed by atoms with van der Waals surface area (Å²) in [4.78, 5) is 10.5. The van der Waals surface area contributed by atoms with Crippen molar-refractivity contribution in [1.29, 1.82) is 0 Å². The molecule has 1 rings (SSSR count). The van der Waals surface area contributed by atoms with Gasteiger partial charge < -0.3 is 10.2 Å². The number of rotatable bonds is 0. The molecule has 2 atom stereocenters. The van der Waals surface area contributed by atoms with E-state index >= 15 is 0 Å². The number of aliphatic hydroxyl groups is 2. The van der Waals surface area contributed by atoms with Gasteiger partial charge in [-0.3, -0.25) is 4.79 Å². The van der Waals surface area contributed by atoms with Crippen molar-refractivity contribution >= 4 is 5.78 Å². The van der Waals surface area contributed by atoms with E-state index in [2.05, 4.69) is 0 Å². The van der Waals surface area contributed by atoms with Crippen molar-refractivity contribution in [2.75, 3.05) is 0 Å². The van der Waals surface area contributed by atoms with Crippen LogP contribution in [0.15, 0.2) is 12.2 Å². The Kier molecular flexibility index (Phi) is 1.18. The Morgan fingerprint density at radius 2 is 2.33 bits per heavy atom. The summed E-state index contributed by atoms with van der Waals surface area (Å²) in [5, 5.41) is 17.9. The molecule has 50 valence electrons. The van der Waals surface area contributed by atoms with Crippen LogP contribution in [0, 0.1) is 0 Å². The molecule has 0 saturated heterocycles. The molecule has 0 unspecified atom stereocenters. The van der Waals surface area contributed by atoms with Crippen LogP contribution in [0.4, 0.5) is 0 Å². The van der Waals surface area contributed by atoms with Crippen molar-refractivity contribution in [3.8, 4) is 0 Å². The van der Waals surface area contributed by atoms with E-state index in [-0.39, 0.29) is 0 Å². The molecule has 0 heterocycles. The number of hydrogen-bond donors (Lipinski definition) is 2. The van der Waals surface area contributed by atoms with E-state index in [1.807, 2.05) is 0 Å². The van der Waals surface area contributed by atoms with Crippen molar-refractivity contribution in [2.24, 2.45) is 0 Å². The molecule has 0 aromatic rings. The Morgan fingerprint density at radius 3 is 2.44 bits per heavy atom. The highest BCUT2D eigenvalue weighted by Gasteiger charge is 2.36. The van der Waals surface area contributed by atoms with Crippen molar-refractivity contribution < 1.29 is 15.0 Å². The van der Waals surface area contributed by atoms with Gasteiger partial charge in [-0.25, -0.2) is 0 Å². The summed E-state index contributed by atoms with van der Waals surface area (Å²) in [6.45, 7) is 1.39. The van der Waals surface area contributed by atoms with Gasteiger partial charge in [0.05, 0.1) is 0 Å². The highest BCUT2D eigenvalue weighted by Crippen LogP contribution is 2.18. The zero-order valence-corrected chi connectivity index (χ0v) is 5.03. The van der Waals surface area contributed by atoms with Crippen LogP contribution in [-0.2, 0) is 4.79 Å². The highest BCUT2D eigenvalue weighted by molar-refractivity contribution is 5.97.